The number of unbranched alkanes of at least 4 members (excludes halogenated alkanes) is 3. The number of ketones is 1. The second-order valence-electron chi connectivity index (χ2n) is 4.11. The first-order valence-electron chi connectivity index (χ1n) is 6.10. The van der Waals surface area contributed by atoms with E-state index in [1.807, 2.05) is 0 Å². The van der Waals surface area contributed by atoms with Crippen molar-refractivity contribution in [3.8, 4) is 0 Å². The molecule has 0 radical (unpaired) electrons. The van der Waals surface area contributed by atoms with Crippen molar-refractivity contribution in [2.24, 2.45) is 5.92 Å². The van der Waals surface area contributed by atoms with Crippen LogP contribution in [0.15, 0.2) is 0 Å². The maximum atomic E-state index is 11.6. The molecule has 0 aliphatic rings. The third-order valence-corrected chi connectivity index (χ3v) is 2.67. The van der Waals surface area contributed by atoms with Crippen molar-refractivity contribution in [1.29, 1.82) is 0 Å². The van der Waals surface area contributed by atoms with Crippen LogP contribution in [0.1, 0.15) is 44.9 Å². The average molecular weight is 246 g/mol. The Hall–Kier alpha value is -0.940. The number of carboxylic acids is 1. The van der Waals surface area contributed by atoms with Crippen molar-refractivity contribution in [3.63, 3.8) is 0 Å². The molecule has 1 atom stereocenters. The van der Waals surface area contributed by atoms with E-state index in [0.717, 1.165) is 6.42 Å². The number of aliphatic hydroxyl groups is 2. The van der Waals surface area contributed by atoms with E-state index in [1.54, 1.807) is 0 Å². The van der Waals surface area contributed by atoms with Gasteiger partial charge in [0.15, 0.2) is 0 Å². The van der Waals surface area contributed by atoms with E-state index in [2.05, 4.69) is 0 Å². The molecule has 0 saturated heterocycles. The summed E-state index contributed by atoms with van der Waals surface area (Å²) in [6.07, 6.45) is 3.66. The van der Waals surface area contributed by atoms with Crippen molar-refractivity contribution < 1.29 is 24.9 Å². The molecule has 17 heavy (non-hydrogen) atoms. The summed E-state index contributed by atoms with van der Waals surface area (Å²) in [7, 11) is 0. The van der Waals surface area contributed by atoms with Crippen LogP contribution in [0.5, 0.6) is 0 Å². The summed E-state index contributed by atoms with van der Waals surface area (Å²) in [5, 5.41) is 26.1. The quantitative estimate of drug-likeness (QED) is 0.373. The molecule has 5 heteroatoms. The summed E-state index contributed by atoms with van der Waals surface area (Å²) in [5.41, 5.74) is 0. The number of hydrogen-bond donors (Lipinski definition) is 3. The molecule has 0 bridgehead atoms. The van der Waals surface area contributed by atoms with Gasteiger partial charge in [0.05, 0.1) is 0 Å². The fourth-order valence-corrected chi connectivity index (χ4v) is 1.64. The Bertz CT molecular complexity index is 227. The van der Waals surface area contributed by atoms with Gasteiger partial charge in [0.2, 0.25) is 0 Å². The summed E-state index contributed by atoms with van der Waals surface area (Å²) in [5.74, 6) is -2.25. The smallest absolute Gasteiger partial charge is 0.314 e. The Morgan fingerprint density at radius 3 is 2.00 bits per heavy atom. The zero-order valence-corrected chi connectivity index (χ0v) is 10.1. The lowest BCUT2D eigenvalue weighted by atomic mass is 9.94. The molecule has 3 N–H and O–H groups in total. The predicted molar refractivity (Wildman–Crippen MR) is 62.6 cm³/mol. The molecular formula is C12H22O5. The number of Topliss-reactive ketones (excluding diaryl/α,β-unsaturated/α-hetero) is 1. The number of rotatable bonds is 11. The largest absolute Gasteiger partial charge is 0.481 e. The van der Waals surface area contributed by atoms with Crippen molar-refractivity contribution in [1.82, 2.24) is 0 Å². The van der Waals surface area contributed by atoms with Crippen LogP contribution in [0, 0.1) is 5.92 Å². The third-order valence-electron chi connectivity index (χ3n) is 2.67. The molecule has 100 valence electrons. The highest BCUT2D eigenvalue weighted by Gasteiger charge is 2.24. The van der Waals surface area contributed by atoms with E-state index < -0.39 is 11.9 Å². The lowest BCUT2D eigenvalue weighted by molar-refractivity contribution is -0.146. The number of carboxylic acid groups (broad SMARTS) is 1. The molecule has 0 fully saturated rings. The van der Waals surface area contributed by atoms with Gasteiger partial charge in [-0.1, -0.05) is 6.42 Å². The van der Waals surface area contributed by atoms with E-state index >= 15 is 0 Å². The fourth-order valence-electron chi connectivity index (χ4n) is 1.64. The normalized spacial score (nSPS) is 12.4. The highest BCUT2D eigenvalue weighted by atomic mass is 16.4. The van der Waals surface area contributed by atoms with Gasteiger partial charge in [-0.3, -0.25) is 9.59 Å². The number of carbonyl (C=O) groups excluding carboxylic acids is 1. The molecule has 0 aliphatic heterocycles. The van der Waals surface area contributed by atoms with Crippen LogP contribution in [0.25, 0.3) is 0 Å². The predicted octanol–water partition coefficient (Wildman–Crippen LogP) is 0.972. The maximum Gasteiger partial charge on any atom is 0.314 e. The Kier molecular flexibility index (Phi) is 9.66. The average Bonchev–Trinajstić information content (AvgIpc) is 2.29. The van der Waals surface area contributed by atoms with Gasteiger partial charge < -0.3 is 15.3 Å². The fraction of sp³-hybridized carbons (Fsp3) is 0.833. The van der Waals surface area contributed by atoms with E-state index in [9.17, 15) is 9.59 Å². The Labute approximate surface area is 101 Å². The number of carbonyl (C=O) groups is 2. The van der Waals surface area contributed by atoms with Crippen LogP contribution in [-0.2, 0) is 9.59 Å². The second-order valence-corrected chi connectivity index (χ2v) is 4.11. The first-order chi connectivity index (χ1) is 8.13. The minimum absolute atomic E-state index is 0.0248. The minimum atomic E-state index is -1.07. The second kappa shape index (κ2) is 10.2. The van der Waals surface area contributed by atoms with Crippen molar-refractivity contribution in [2.45, 2.75) is 44.9 Å². The molecule has 0 aromatic rings. The van der Waals surface area contributed by atoms with Crippen molar-refractivity contribution in [3.05, 3.63) is 0 Å². The molecule has 1 unspecified atom stereocenters. The summed E-state index contributed by atoms with van der Waals surface area (Å²) >= 11 is 0. The van der Waals surface area contributed by atoms with Gasteiger partial charge in [-0.05, 0) is 32.1 Å². The lowest BCUT2D eigenvalue weighted by Gasteiger charge is -2.10. The minimum Gasteiger partial charge on any atom is -0.481 e. The van der Waals surface area contributed by atoms with E-state index in [1.165, 1.54) is 0 Å². The number of aliphatic hydroxyl groups excluding tert-OH is 2. The highest BCUT2D eigenvalue weighted by molar-refractivity contribution is 5.98. The molecule has 0 amide bonds. The van der Waals surface area contributed by atoms with Gasteiger partial charge in [-0.15, -0.1) is 0 Å². The Morgan fingerprint density at radius 2 is 1.47 bits per heavy atom. The number of hydrogen-bond acceptors (Lipinski definition) is 4. The maximum absolute atomic E-state index is 11.6. The molecule has 0 rings (SSSR count). The highest BCUT2D eigenvalue weighted by Crippen LogP contribution is 2.14. The van der Waals surface area contributed by atoms with Crippen LogP contribution in [0.4, 0.5) is 0 Å². The summed E-state index contributed by atoms with van der Waals surface area (Å²) in [6.45, 7) is 0.129. The Morgan fingerprint density at radius 1 is 0.882 bits per heavy atom. The topological polar surface area (TPSA) is 94.8 Å². The zero-order valence-electron chi connectivity index (χ0n) is 10.1. The van der Waals surface area contributed by atoms with Gasteiger partial charge in [-0.2, -0.15) is 0 Å². The zero-order chi connectivity index (χ0) is 13.1. The van der Waals surface area contributed by atoms with Gasteiger partial charge >= 0.3 is 5.97 Å². The molecule has 0 saturated carbocycles. The van der Waals surface area contributed by atoms with E-state index in [4.69, 9.17) is 15.3 Å². The van der Waals surface area contributed by atoms with Gasteiger partial charge in [-0.25, -0.2) is 0 Å². The molecular weight excluding hydrogens is 224 g/mol. The van der Waals surface area contributed by atoms with Gasteiger partial charge in [0.1, 0.15) is 11.7 Å². The van der Waals surface area contributed by atoms with Crippen molar-refractivity contribution >= 4 is 11.8 Å². The van der Waals surface area contributed by atoms with Crippen LogP contribution < -0.4 is 0 Å². The van der Waals surface area contributed by atoms with E-state index in [0.29, 0.717) is 32.1 Å². The van der Waals surface area contributed by atoms with Crippen LogP contribution in [0.3, 0.4) is 0 Å². The lowest BCUT2D eigenvalue weighted by Crippen LogP contribution is -2.23. The number of aliphatic carboxylic acids is 1. The summed E-state index contributed by atoms with van der Waals surface area (Å²) in [6, 6.07) is 0. The molecule has 0 spiro atoms. The Balaban J connectivity index is 3.93. The monoisotopic (exact) mass is 246 g/mol. The third kappa shape index (κ3) is 7.88. The van der Waals surface area contributed by atoms with Gasteiger partial charge in [0, 0.05) is 19.6 Å². The molecule has 0 aromatic heterocycles. The SMILES string of the molecule is O=C(O)C(CCCCO)C(=O)CCCCCO. The van der Waals surface area contributed by atoms with Crippen LogP contribution in [-0.4, -0.2) is 40.3 Å². The first kappa shape index (κ1) is 16.1. The standard InChI is InChI=1S/C12H22O5/c13-8-4-1-2-7-11(15)10(12(16)17)6-3-5-9-14/h10,13-14H,1-9H2,(H,16,17). The van der Waals surface area contributed by atoms with Crippen molar-refractivity contribution in [2.75, 3.05) is 13.2 Å². The van der Waals surface area contributed by atoms with Crippen LogP contribution in [0.2, 0.25) is 0 Å². The van der Waals surface area contributed by atoms with E-state index in [-0.39, 0.29) is 25.4 Å². The van der Waals surface area contributed by atoms with Gasteiger partial charge in [0.25, 0.3) is 0 Å². The summed E-state index contributed by atoms with van der Waals surface area (Å²) < 4.78 is 0. The summed E-state index contributed by atoms with van der Waals surface area (Å²) in [4.78, 5) is 22.5. The van der Waals surface area contributed by atoms with Crippen LogP contribution >= 0.6 is 0 Å². The first-order valence-corrected chi connectivity index (χ1v) is 6.10. The molecule has 0 heterocycles. The molecule has 0 aliphatic carbocycles. The molecule has 0 aromatic carbocycles. The molecule has 5 nitrogen and oxygen atoms in total.